The topological polar surface area (TPSA) is 125 Å². The van der Waals surface area contributed by atoms with Crippen molar-refractivity contribution in [2.45, 2.75) is 11.8 Å². The lowest BCUT2D eigenvalue weighted by Crippen LogP contribution is -2.17. The van der Waals surface area contributed by atoms with E-state index in [1.807, 2.05) is 0 Å². The maximum absolute atomic E-state index is 12.6. The number of ether oxygens (including phenoxy) is 1. The van der Waals surface area contributed by atoms with Crippen LogP contribution in [0.2, 0.25) is 0 Å². The molecule has 0 aliphatic carbocycles. The van der Waals surface area contributed by atoms with Gasteiger partial charge in [0.15, 0.2) is 11.5 Å². The second-order valence-corrected chi connectivity index (χ2v) is 9.05. The molecule has 0 aromatic heterocycles. The van der Waals surface area contributed by atoms with Crippen molar-refractivity contribution in [3.05, 3.63) is 63.0 Å². The molecule has 1 aliphatic heterocycles. The SMILES string of the molecule is CCOc1cc(/C=C2\SC(=S)NC2=O)ccc1OS(=O)(=O)c1cccc([N+](=O)[O-])c1. The predicted molar refractivity (Wildman–Crippen MR) is 115 cm³/mol. The third-order valence-electron chi connectivity index (χ3n) is 3.72. The maximum atomic E-state index is 12.6. The lowest BCUT2D eigenvalue weighted by atomic mass is 10.2. The average Bonchev–Trinajstić information content (AvgIpc) is 3.01. The molecule has 1 fully saturated rings. The van der Waals surface area contributed by atoms with Crippen LogP contribution < -0.4 is 14.2 Å². The third-order valence-corrected chi connectivity index (χ3v) is 6.12. The zero-order valence-corrected chi connectivity index (χ0v) is 17.8. The van der Waals surface area contributed by atoms with Crippen molar-refractivity contribution in [2.24, 2.45) is 0 Å². The summed E-state index contributed by atoms with van der Waals surface area (Å²) in [7, 11) is -4.35. The van der Waals surface area contributed by atoms with Gasteiger partial charge in [-0.2, -0.15) is 8.42 Å². The second-order valence-electron chi connectivity index (χ2n) is 5.78. The van der Waals surface area contributed by atoms with Crippen molar-refractivity contribution in [3.63, 3.8) is 0 Å². The highest BCUT2D eigenvalue weighted by Gasteiger charge is 2.24. The highest BCUT2D eigenvalue weighted by molar-refractivity contribution is 8.26. The molecule has 0 saturated carbocycles. The first kappa shape index (κ1) is 21.7. The minimum absolute atomic E-state index is 0.0930. The van der Waals surface area contributed by atoms with Gasteiger partial charge in [0, 0.05) is 12.1 Å². The van der Waals surface area contributed by atoms with Crippen LogP contribution in [0.5, 0.6) is 11.5 Å². The highest BCUT2D eigenvalue weighted by Crippen LogP contribution is 2.34. The number of thioether (sulfide) groups is 1. The number of nitrogens with zero attached hydrogens (tertiary/aromatic N) is 1. The lowest BCUT2D eigenvalue weighted by molar-refractivity contribution is -0.385. The number of hydrogen-bond acceptors (Lipinski definition) is 9. The van der Waals surface area contributed by atoms with Gasteiger partial charge in [-0.25, -0.2) is 0 Å². The molecule has 0 unspecified atom stereocenters. The molecule has 0 bridgehead atoms. The number of benzene rings is 2. The molecule has 2 aromatic rings. The van der Waals surface area contributed by atoms with E-state index in [1.165, 1.54) is 30.3 Å². The van der Waals surface area contributed by atoms with Gasteiger partial charge in [-0.1, -0.05) is 36.1 Å². The monoisotopic (exact) mass is 466 g/mol. The zero-order chi connectivity index (χ0) is 21.9. The maximum Gasteiger partial charge on any atom is 0.339 e. The van der Waals surface area contributed by atoms with E-state index in [0.29, 0.717) is 14.8 Å². The number of non-ortho nitro benzene ring substituents is 1. The first-order valence-electron chi connectivity index (χ1n) is 8.40. The Morgan fingerprint density at radius 3 is 2.63 bits per heavy atom. The standard InChI is InChI=1S/C18H14N2O7S3/c1-2-26-15-8-11(9-16-17(21)19-18(28)29-16)6-7-14(15)27-30(24,25)13-5-3-4-12(10-13)20(22)23/h3-10H,2H2,1H3,(H,19,21,28)/b16-9-. The summed E-state index contributed by atoms with van der Waals surface area (Å²) in [5.74, 6) is -0.284. The molecule has 1 aliphatic rings. The molecular formula is C18H14N2O7S3. The summed E-state index contributed by atoms with van der Waals surface area (Å²) >= 11 is 6.06. The number of rotatable bonds is 7. The summed E-state index contributed by atoms with van der Waals surface area (Å²) in [6.07, 6.45) is 1.58. The Morgan fingerprint density at radius 1 is 1.23 bits per heavy atom. The Hall–Kier alpha value is -2.96. The fourth-order valence-corrected chi connectivity index (χ4v) is 4.47. The number of thiocarbonyl (C=S) groups is 1. The number of nitro benzene ring substituents is 1. The summed E-state index contributed by atoms with van der Waals surface area (Å²) in [6.45, 7) is 1.94. The Morgan fingerprint density at radius 2 is 2.00 bits per heavy atom. The molecule has 30 heavy (non-hydrogen) atoms. The van der Waals surface area contributed by atoms with E-state index in [-0.39, 0.29) is 34.6 Å². The quantitative estimate of drug-likeness (QED) is 0.215. The van der Waals surface area contributed by atoms with E-state index in [1.54, 1.807) is 19.1 Å². The smallest absolute Gasteiger partial charge is 0.339 e. The van der Waals surface area contributed by atoms with Gasteiger partial charge in [-0.05, 0) is 36.8 Å². The van der Waals surface area contributed by atoms with Crippen molar-refractivity contribution >= 4 is 56.1 Å². The van der Waals surface area contributed by atoms with Gasteiger partial charge in [0.05, 0.1) is 16.4 Å². The molecule has 9 nitrogen and oxygen atoms in total. The summed E-state index contributed by atoms with van der Waals surface area (Å²) < 4.78 is 36.2. The summed E-state index contributed by atoms with van der Waals surface area (Å²) in [5.41, 5.74) is 0.192. The summed E-state index contributed by atoms with van der Waals surface area (Å²) in [5, 5.41) is 13.4. The Labute approximate surface area is 181 Å². The Bertz CT molecular complexity index is 1180. The van der Waals surface area contributed by atoms with Gasteiger partial charge >= 0.3 is 10.1 Å². The van der Waals surface area contributed by atoms with Crippen LogP contribution in [0.1, 0.15) is 12.5 Å². The van der Waals surface area contributed by atoms with Crippen molar-refractivity contribution in [1.29, 1.82) is 0 Å². The van der Waals surface area contributed by atoms with Crippen molar-refractivity contribution in [1.82, 2.24) is 5.32 Å². The molecule has 156 valence electrons. The van der Waals surface area contributed by atoms with E-state index in [9.17, 15) is 23.3 Å². The Balaban J connectivity index is 1.93. The second kappa shape index (κ2) is 8.81. The van der Waals surface area contributed by atoms with Gasteiger partial charge < -0.3 is 14.2 Å². The number of carbonyl (C=O) groups excluding carboxylic acids is 1. The van der Waals surface area contributed by atoms with Crippen LogP contribution in [-0.2, 0) is 14.9 Å². The zero-order valence-electron chi connectivity index (χ0n) is 15.4. The fraction of sp³-hybridized carbons (Fsp3) is 0.111. The van der Waals surface area contributed by atoms with Gasteiger partial charge in [-0.15, -0.1) is 0 Å². The first-order chi connectivity index (χ1) is 14.2. The van der Waals surface area contributed by atoms with Gasteiger partial charge in [0.25, 0.3) is 11.6 Å². The van der Waals surface area contributed by atoms with Crippen molar-refractivity contribution in [2.75, 3.05) is 6.61 Å². The third kappa shape index (κ3) is 4.96. The predicted octanol–water partition coefficient (Wildman–Crippen LogP) is 3.25. The fourth-order valence-electron chi connectivity index (χ4n) is 2.44. The molecule has 1 amide bonds. The van der Waals surface area contributed by atoms with E-state index in [4.69, 9.17) is 21.1 Å². The number of nitrogens with one attached hydrogen (secondary N) is 1. The van der Waals surface area contributed by atoms with Crippen LogP contribution in [0.15, 0.2) is 52.3 Å². The van der Waals surface area contributed by atoms with Crippen LogP contribution in [0.25, 0.3) is 6.08 Å². The molecule has 0 radical (unpaired) electrons. The first-order valence-corrected chi connectivity index (χ1v) is 11.0. The van der Waals surface area contributed by atoms with Crippen LogP contribution >= 0.6 is 24.0 Å². The molecule has 0 spiro atoms. The molecule has 1 saturated heterocycles. The summed E-state index contributed by atoms with van der Waals surface area (Å²) in [6, 6.07) is 8.97. The number of nitro groups is 1. The van der Waals surface area contributed by atoms with Crippen molar-refractivity contribution < 1.29 is 27.1 Å². The minimum atomic E-state index is -4.35. The highest BCUT2D eigenvalue weighted by atomic mass is 32.2. The van der Waals surface area contributed by atoms with Crippen LogP contribution in [0.4, 0.5) is 5.69 Å². The Kier molecular flexibility index (Phi) is 6.39. The van der Waals surface area contributed by atoms with Gasteiger partial charge in [-0.3, -0.25) is 14.9 Å². The number of amides is 1. The molecule has 1 N–H and O–H groups in total. The summed E-state index contributed by atoms with van der Waals surface area (Å²) in [4.78, 5) is 22.1. The minimum Gasteiger partial charge on any atom is -0.490 e. The molecule has 12 heteroatoms. The number of carbonyl (C=O) groups is 1. The normalized spacial score (nSPS) is 15.2. The van der Waals surface area contributed by atoms with Gasteiger partial charge in [0.1, 0.15) is 9.22 Å². The van der Waals surface area contributed by atoms with E-state index in [2.05, 4.69) is 5.32 Å². The van der Waals surface area contributed by atoms with E-state index >= 15 is 0 Å². The molecule has 3 rings (SSSR count). The molecule has 0 atom stereocenters. The van der Waals surface area contributed by atoms with Crippen molar-refractivity contribution in [3.8, 4) is 11.5 Å². The van der Waals surface area contributed by atoms with Crippen LogP contribution in [0, 0.1) is 10.1 Å². The number of hydrogen-bond donors (Lipinski definition) is 1. The van der Waals surface area contributed by atoms with E-state index < -0.39 is 15.0 Å². The van der Waals surface area contributed by atoms with Gasteiger partial charge in [0.2, 0.25) is 0 Å². The molecule has 1 heterocycles. The largest absolute Gasteiger partial charge is 0.490 e. The van der Waals surface area contributed by atoms with Crippen LogP contribution in [-0.4, -0.2) is 30.2 Å². The average molecular weight is 467 g/mol. The molecule has 2 aromatic carbocycles. The van der Waals surface area contributed by atoms with E-state index in [0.717, 1.165) is 17.8 Å². The lowest BCUT2D eigenvalue weighted by Gasteiger charge is -2.12. The van der Waals surface area contributed by atoms with Crippen LogP contribution in [0.3, 0.4) is 0 Å². The molecular weight excluding hydrogens is 452 g/mol.